The van der Waals surface area contributed by atoms with Crippen LogP contribution < -0.4 is 0 Å². The van der Waals surface area contributed by atoms with Crippen LogP contribution in [-0.4, -0.2) is 24.7 Å². The Morgan fingerprint density at radius 2 is 2.00 bits per heavy atom. The average molecular weight is 184 g/mol. The summed E-state index contributed by atoms with van der Waals surface area (Å²) in [6, 6.07) is 0. The second-order valence-corrected chi connectivity index (χ2v) is 2.39. The molecule has 0 aromatic heterocycles. The lowest BCUT2D eigenvalue weighted by Gasteiger charge is -2.12. The molecule has 0 rings (SSSR count). The molecule has 0 saturated carbocycles. The van der Waals surface area contributed by atoms with Crippen LogP contribution in [0.4, 0.5) is 13.2 Å². The number of ether oxygens (including phenoxy) is 1. The van der Waals surface area contributed by atoms with Gasteiger partial charge in [0.25, 0.3) is 0 Å². The molecule has 1 unspecified atom stereocenters. The molecular weight excluding hydrogens is 173 g/mol. The molecule has 0 aliphatic carbocycles. The molecule has 0 heterocycles. The van der Waals surface area contributed by atoms with Gasteiger partial charge in [0.05, 0.1) is 0 Å². The van der Waals surface area contributed by atoms with Gasteiger partial charge in [0, 0.05) is 6.42 Å². The van der Waals surface area contributed by atoms with Gasteiger partial charge in [-0.1, -0.05) is 6.92 Å². The van der Waals surface area contributed by atoms with E-state index in [4.69, 9.17) is 0 Å². The van der Waals surface area contributed by atoms with Crippen LogP contribution in [0.1, 0.15) is 20.3 Å². The normalized spacial score (nSPS) is 14.4. The molecule has 0 aromatic carbocycles. The second kappa shape index (κ2) is 4.45. The van der Waals surface area contributed by atoms with E-state index in [1.54, 1.807) is 6.92 Å². The van der Waals surface area contributed by atoms with Gasteiger partial charge in [0.2, 0.25) is 0 Å². The molecule has 0 bridgehead atoms. The molecule has 0 saturated heterocycles. The molecular formula is C7H11F3O2. The summed E-state index contributed by atoms with van der Waals surface area (Å²) in [7, 11) is 0. The Hall–Kier alpha value is -0.580. The number of carbonyl (C=O) groups is 1. The summed E-state index contributed by atoms with van der Waals surface area (Å²) < 4.78 is 38.9. The van der Waals surface area contributed by atoms with Crippen LogP contribution >= 0.6 is 0 Å². The fourth-order valence-corrected chi connectivity index (χ4v) is 0.600. The van der Waals surface area contributed by atoms with Crippen LogP contribution in [0.5, 0.6) is 0 Å². The highest BCUT2D eigenvalue weighted by Crippen LogP contribution is 2.15. The van der Waals surface area contributed by atoms with Crippen LogP contribution in [0, 0.1) is 0 Å². The maximum atomic E-state index is 11.5. The monoisotopic (exact) mass is 184 g/mol. The van der Waals surface area contributed by atoms with E-state index >= 15 is 0 Å². The molecule has 0 aromatic rings. The molecule has 0 fully saturated rings. The van der Waals surface area contributed by atoms with Crippen LogP contribution in [0.2, 0.25) is 0 Å². The number of halogens is 3. The first kappa shape index (κ1) is 11.4. The zero-order chi connectivity index (χ0) is 9.78. The second-order valence-electron chi connectivity index (χ2n) is 2.39. The van der Waals surface area contributed by atoms with E-state index in [2.05, 4.69) is 4.74 Å². The SMILES string of the molecule is CCC(=O)C(C)OCC(F)(F)F. The molecule has 1 atom stereocenters. The summed E-state index contributed by atoms with van der Waals surface area (Å²) in [6.45, 7) is 1.53. The lowest BCUT2D eigenvalue weighted by molar-refractivity contribution is -0.185. The zero-order valence-corrected chi connectivity index (χ0v) is 6.94. The minimum absolute atomic E-state index is 0.193. The van der Waals surface area contributed by atoms with Gasteiger partial charge in [-0.15, -0.1) is 0 Å². The third-order valence-corrected chi connectivity index (χ3v) is 1.30. The molecule has 0 N–H and O–H groups in total. The molecule has 0 aliphatic heterocycles. The van der Waals surface area contributed by atoms with Crippen molar-refractivity contribution in [2.45, 2.75) is 32.5 Å². The topological polar surface area (TPSA) is 26.3 Å². The van der Waals surface area contributed by atoms with Crippen LogP contribution in [0.15, 0.2) is 0 Å². The Balaban J connectivity index is 3.72. The van der Waals surface area contributed by atoms with Gasteiger partial charge in [-0.3, -0.25) is 4.79 Å². The Kier molecular flexibility index (Phi) is 4.23. The molecule has 0 aliphatic rings. The first-order valence-electron chi connectivity index (χ1n) is 3.58. The van der Waals surface area contributed by atoms with Gasteiger partial charge in [-0.2, -0.15) is 13.2 Å². The van der Waals surface area contributed by atoms with E-state index in [-0.39, 0.29) is 12.2 Å². The number of alkyl halides is 3. The quantitative estimate of drug-likeness (QED) is 0.667. The van der Waals surface area contributed by atoms with E-state index in [1.807, 2.05) is 0 Å². The first-order chi connectivity index (χ1) is 5.37. The first-order valence-corrected chi connectivity index (χ1v) is 3.58. The summed E-state index contributed by atoms with van der Waals surface area (Å²) in [5, 5.41) is 0. The largest absolute Gasteiger partial charge is 0.411 e. The Morgan fingerprint density at radius 3 is 2.33 bits per heavy atom. The van der Waals surface area contributed by atoms with Crippen molar-refractivity contribution in [1.29, 1.82) is 0 Å². The molecule has 12 heavy (non-hydrogen) atoms. The molecule has 5 heteroatoms. The third-order valence-electron chi connectivity index (χ3n) is 1.30. The van der Waals surface area contributed by atoms with Gasteiger partial charge in [0.1, 0.15) is 12.7 Å². The van der Waals surface area contributed by atoms with Crippen LogP contribution in [0.3, 0.4) is 0 Å². The lowest BCUT2D eigenvalue weighted by atomic mass is 10.2. The van der Waals surface area contributed by atoms with E-state index in [0.29, 0.717) is 0 Å². The Bertz CT molecular complexity index is 153. The Labute approximate surface area is 68.7 Å². The van der Waals surface area contributed by atoms with Crippen molar-refractivity contribution in [2.75, 3.05) is 6.61 Å². The van der Waals surface area contributed by atoms with Gasteiger partial charge in [0.15, 0.2) is 5.78 Å². The van der Waals surface area contributed by atoms with Crippen molar-refractivity contribution in [3.63, 3.8) is 0 Å². The minimum atomic E-state index is -4.36. The number of carbonyl (C=O) groups excluding carboxylic acids is 1. The van der Waals surface area contributed by atoms with Crippen molar-refractivity contribution in [1.82, 2.24) is 0 Å². The molecule has 0 spiro atoms. The number of Topliss-reactive ketones (excluding diaryl/α,β-unsaturated/α-hetero) is 1. The zero-order valence-electron chi connectivity index (χ0n) is 6.94. The van der Waals surface area contributed by atoms with E-state index in [9.17, 15) is 18.0 Å². The van der Waals surface area contributed by atoms with E-state index < -0.39 is 18.9 Å². The summed E-state index contributed by atoms with van der Waals surface area (Å²) >= 11 is 0. The number of ketones is 1. The highest BCUT2D eigenvalue weighted by molar-refractivity contribution is 5.82. The Morgan fingerprint density at radius 1 is 1.50 bits per heavy atom. The predicted molar refractivity (Wildman–Crippen MR) is 36.8 cm³/mol. The fourth-order valence-electron chi connectivity index (χ4n) is 0.600. The highest BCUT2D eigenvalue weighted by Gasteiger charge is 2.29. The molecule has 0 radical (unpaired) electrons. The standard InChI is InChI=1S/C7H11F3O2/c1-3-6(11)5(2)12-4-7(8,9)10/h5H,3-4H2,1-2H3. The van der Waals surface area contributed by atoms with Crippen molar-refractivity contribution in [3.8, 4) is 0 Å². The van der Waals surface area contributed by atoms with Gasteiger partial charge in [-0.25, -0.2) is 0 Å². The maximum absolute atomic E-state index is 11.5. The summed E-state index contributed by atoms with van der Waals surface area (Å²) in [6.07, 6.45) is -5.13. The number of rotatable bonds is 4. The molecule has 0 amide bonds. The van der Waals surface area contributed by atoms with Gasteiger partial charge >= 0.3 is 6.18 Å². The fraction of sp³-hybridized carbons (Fsp3) is 0.857. The summed E-state index contributed by atoms with van der Waals surface area (Å²) in [4.78, 5) is 10.7. The molecule has 72 valence electrons. The third kappa shape index (κ3) is 5.12. The van der Waals surface area contributed by atoms with Gasteiger partial charge in [-0.05, 0) is 6.92 Å². The van der Waals surface area contributed by atoms with Crippen molar-refractivity contribution < 1.29 is 22.7 Å². The van der Waals surface area contributed by atoms with Crippen molar-refractivity contribution >= 4 is 5.78 Å². The average Bonchev–Trinajstić information content (AvgIpc) is 1.97. The van der Waals surface area contributed by atoms with Crippen molar-refractivity contribution in [3.05, 3.63) is 0 Å². The number of hydrogen-bond donors (Lipinski definition) is 0. The van der Waals surface area contributed by atoms with E-state index in [1.165, 1.54) is 6.92 Å². The van der Waals surface area contributed by atoms with Gasteiger partial charge < -0.3 is 4.74 Å². The summed E-state index contributed by atoms with van der Waals surface area (Å²) in [5.41, 5.74) is 0. The predicted octanol–water partition coefficient (Wildman–Crippen LogP) is 1.93. The van der Waals surface area contributed by atoms with Crippen LogP contribution in [-0.2, 0) is 9.53 Å². The van der Waals surface area contributed by atoms with E-state index in [0.717, 1.165) is 0 Å². The highest BCUT2D eigenvalue weighted by atomic mass is 19.4. The molecule has 2 nitrogen and oxygen atoms in total. The minimum Gasteiger partial charge on any atom is -0.361 e. The summed E-state index contributed by atoms with van der Waals surface area (Å²) in [5.74, 6) is -0.320. The van der Waals surface area contributed by atoms with Crippen LogP contribution in [0.25, 0.3) is 0 Å². The number of hydrogen-bond acceptors (Lipinski definition) is 2. The smallest absolute Gasteiger partial charge is 0.361 e. The lowest BCUT2D eigenvalue weighted by Crippen LogP contribution is -2.26. The maximum Gasteiger partial charge on any atom is 0.411 e. The van der Waals surface area contributed by atoms with Crippen molar-refractivity contribution in [2.24, 2.45) is 0 Å².